The summed E-state index contributed by atoms with van der Waals surface area (Å²) in [5.41, 5.74) is 3.88. The second-order valence-corrected chi connectivity index (χ2v) is 7.92. The van der Waals surface area contributed by atoms with E-state index in [1.807, 2.05) is 6.92 Å². The maximum absolute atomic E-state index is 12.5. The standard InChI is InChI=1S/C19H33NO5.ClH/c1-12(2)11-23-17-13(3)24-19(22)15(20)9-6-10-16(17)25-18(21)14-7-4-5-8-14;/h12-17H,4-11,20H2,1-3H3;1H/t13-,15-,16-,17-;/m0./s1. The van der Waals surface area contributed by atoms with Crippen molar-refractivity contribution in [3.05, 3.63) is 0 Å². The van der Waals surface area contributed by atoms with Gasteiger partial charge in [-0.3, -0.25) is 4.79 Å². The largest absolute Gasteiger partial charge is 1.00 e. The van der Waals surface area contributed by atoms with Gasteiger partial charge in [0.2, 0.25) is 0 Å². The topological polar surface area (TPSA) is 89.5 Å². The second-order valence-electron chi connectivity index (χ2n) is 7.92. The van der Waals surface area contributed by atoms with E-state index in [0.717, 1.165) is 32.1 Å². The van der Waals surface area contributed by atoms with Crippen molar-refractivity contribution in [2.75, 3.05) is 6.61 Å². The van der Waals surface area contributed by atoms with E-state index in [2.05, 4.69) is 19.6 Å². The Bertz CT molecular complexity index is 453. The Kier molecular flexibility index (Phi) is 9.90. The van der Waals surface area contributed by atoms with Crippen LogP contribution in [0.3, 0.4) is 0 Å². The summed E-state index contributed by atoms with van der Waals surface area (Å²) in [6, 6.07) is -0.377. The fraction of sp³-hybridized carbons (Fsp3) is 0.895. The number of quaternary nitrogens is 1. The molecule has 26 heavy (non-hydrogen) atoms. The van der Waals surface area contributed by atoms with Crippen LogP contribution in [-0.2, 0) is 23.8 Å². The number of ether oxygens (including phenoxy) is 3. The molecule has 3 N–H and O–H groups in total. The SMILES string of the molecule is CC(C)CO[C@H]1[C@H](C)OC(=O)[C@@H]([NH3+])CCC[C@@H]1OC(=O)C1CCCC1.[Cl-]. The van der Waals surface area contributed by atoms with Crippen molar-refractivity contribution >= 4 is 11.9 Å². The number of rotatable bonds is 5. The molecule has 6 nitrogen and oxygen atoms in total. The minimum Gasteiger partial charge on any atom is -1.00 e. The molecule has 2 rings (SSSR count). The molecular formula is C19H34ClNO5. The molecule has 0 spiro atoms. The molecule has 1 aliphatic carbocycles. The van der Waals surface area contributed by atoms with Crippen LogP contribution in [0.15, 0.2) is 0 Å². The van der Waals surface area contributed by atoms with Crippen molar-refractivity contribution in [1.82, 2.24) is 0 Å². The Labute approximate surface area is 162 Å². The van der Waals surface area contributed by atoms with Gasteiger partial charge in [0.1, 0.15) is 18.3 Å². The minimum atomic E-state index is -0.463. The first-order chi connectivity index (χ1) is 11.9. The predicted octanol–water partition coefficient (Wildman–Crippen LogP) is -1.14. The average Bonchev–Trinajstić information content (AvgIpc) is 3.08. The lowest BCUT2D eigenvalue weighted by atomic mass is 10.0. The number of carbonyl (C=O) groups excluding carboxylic acids is 2. The van der Waals surface area contributed by atoms with Gasteiger partial charge in [0.15, 0.2) is 6.04 Å². The number of carbonyl (C=O) groups is 2. The van der Waals surface area contributed by atoms with Crippen LogP contribution in [0.5, 0.6) is 0 Å². The van der Waals surface area contributed by atoms with Crippen LogP contribution in [0.25, 0.3) is 0 Å². The molecule has 2 aliphatic rings. The summed E-state index contributed by atoms with van der Waals surface area (Å²) in [7, 11) is 0. The van der Waals surface area contributed by atoms with E-state index in [0.29, 0.717) is 25.4 Å². The molecule has 1 aliphatic heterocycles. The lowest BCUT2D eigenvalue weighted by molar-refractivity contribution is -0.410. The maximum atomic E-state index is 12.5. The molecule has 7 heteroatoms. The first-order valence-electron chi connectivity index (χ1n) is 9.74. The molecule has 0 radical (unpaired) electrons. The van der Waals surface area contributed by atoms with Crippen molar-refractivity contribution in [3.8, 4) is 0 Å². The van der Waals surface area contributed by atoms with E-state index in [9.17, 15) is 9.59 Å². The van der Waals surface area contributed by atoms with Gasteiger partial charge >= 0.3 is 11.9 Å². The Hall–Kier alpha value is -0.850. The Morgan fingerprint density at radius 2 is 1.85 bits per heavy atom. The zero-order valence-electron chi connectivity index (χ0n) is 16.2. The van der Waals surface area contributed by atoms with Crippen molar-refractivity contribution in [2.45, 2.75) is 90.1 Å². The van der Waals surface area contributed by atoms with Gasteiger partial charge in [-0.2, -0.15) is 0 Å². The number of esters is 2. The van der Waals surface area contributed by atoms with Crippen molar-refractivity contribution in [2.24, 2.45) is 11.8 Å². The molecule has 0 unspecified atom stereocenters. The van der Waals surface area contributed by atoms with E-state index in [1.165, 1.54) is 0 Å². The number of cyclic esters (lactones) is 1. The Morgan fingerprint density at radius 1 is 1.19 bits per heavy atom. The molecule has 0 aromatic carbocycles. The Morgan fingerprint density at radius 3 is 2.46 bits per heavy atom. The summed E-state index contributed by atoms with van der Waals surface area (Å²) in [4.78, 5) is 24.6. The molecule has 152 valence electrons. The number of halogens is 1. The highest BCUT2D eigenvalue weighted by molar-refractivity contribution is 5.74. The van der Waals surface area contributed by atoms with Crippen LogP contribution in [0.1, 0.15) is 65.7 Å². The molecule has 2 fully saturated rings. The second kappa shape index (κ2) is 11.1. The van der Waals surface area contributed by atoms with Crippen LogP contribution < -0.4 is 18.1 Å². The van der Waals surface area contributed by atoms with E-state index in [4.69, 9.17) is 14.2 Å². The first-order valence-corrected chi connectivity index (χ1v) is 9.74. The van der Waals surface area contributed by atoms with Crippen LogP contribution in [0, 0.1) is 11.8 Å². The minimum absolute atomic E-state index is 0. The van der Waals surface area contributed by atoms with Crippen LogP contribution in [0.2, 0.25) is 0 Å². The summed E-state index contributed by atoms with van der Waals surface area (Å²) < 4.78 is 17.5. The monoisotopic (exact) mass is 391 g/mol. The van der Waals surface area contributed by atoms with Crippen molar-refractivity contribution in [3.63, 3.8) is 0 Å². The van der Waals surface area contributed by atoms with Gasteiger partial charge in [-0.05, 0) is 38.5 Å². The smallest absolute Gasteiger partial charge is 0.365 e. The summed E-state index contributed by atoms with van der Waals surface area (Å²) in [5.74, 6) is -0.0582. The molecule has 1 saturated carbocycles. The summed E-state index contributed by atoms with van der Waals surface area (Å²) in [6.45, 7) is 6.49. The summed E-state index contributed by atoms with van der Waals surface area (Å²) in [5, 5.41) is 0. The van der Waals surface area contributed by atoms with E-state index in [1.54, 1.807) is 0 Å². The molecule has 0 aromatic rings. The Balaban J connectivity index is 0.00000338. The molecule has 4 atom stereocenters. The van der Waals surface area contributed by atoms with Crippen LogP contribution in [-0.4, -0.2) is 42.9 Å². The molecule has 1 saturated heterocycles. The fourth-order valence-electron chi connectivity index (χ4n) is 3.58. The zero-order chi connectivity index (χ0) is 18.4. The maximum Gasteiger partial charge on any atom is 0.365 e. The lowest BCUT2D eigenvalue weighted by Crippen LogP contribution is -3.00. The normalized spacial score (nSPS) is 30.7. The van der Waals surface area contributed by atoms with Gasteiger partial charge in [-0.15, -0.1) is 0 Å². The lowest BCUT2D eigenvalue weighted by Gasteiger charge is -2.31. The van der Waals surface area contributed by atoms with Crippen molar-refractivity contribution in [1.29, 1.82) is 0 Å². The van der Waals surface area contributed by atoms with Gasteiger partial charge in [0.25, 0.3) is 0 Å². The number of hydrogen-bond donors (Lipinski definition) is 1. The third-order valence-corrected chi connectivity index (χ3v) is 5.08. The van der Waals surface area contributed by atoms with Gasteiger partial charge in [-0.25, -0.2) is 4.79 Å². The predicted molar refractivity (Wildman–Crippen MR) is 92.5 cm³/mol. The zero-order valence-corrected chi connectivity index (χ0v) is 17.0. The highest BCUT2D eigenvalue weighted by Gasteiger charge is 2.38. The summed E-state index contributed by atoms with van der Waals surface area (Å²) >= 11 is 0. The highest BCUT2D eigenvalue weighted by atomic mass is 35.5. The molecule has 1 heterocycles. The third kappa shape index (κ3) is 6.71. The average molecular weight is 392 g/mol. The van der Waals surface area contributed by atoms with Gasteiger partial charge < -0.3 is 32.4 Å². The van der Waals surface area contributed by atoms with Crippen molar-refractivity contribution < 1.29 is 41.9 Å². The highest BCUT2D eigenvalue weighted by Crippen LogP contribution is 2.28. The van der Waals surface area contributed by atoms with Gasteiger partial charge in [0.05, 0.1) is 5.92 Å². The first kappa shape index (κ1) is 23.2. The van der Waals surface area contributed by atoms with E-state index < -0.39 is 12.2 Å². The number of hydrogen-bond acceptors (Lipinski definition) is 5. The molecular weight excluding hydrogens is 358 g/mol. The summed E-state index contributed by atoms with van der Waals surface area (Å²) in [6.07, 6.45) is 4.82. The van der Waals surface area contributed by atoms with Crippen LogP contribution >= 0.6 is 0 Å². The quantitative estimate of drug-likeness (QED) is 0.598. The van der Waals surface area contributed by atoms with E-state index in [-0.39, 0.29) is 42.4 Å². The van der Waals surface area contributed by atoms with E-state index >= 15 is 0 Å². The van der Waals surface area contributed by atoms with Gasteiger partial charge in [-0.1, -0.05) is 26.7 Å². The molecule has 0 aromatic heterocycles. The molecule has 0 amide bonds. The van der Waals surface area contributed by atoms with Crippen LogP contribution in [0.4, 0.5) is 0 Å². The van der Waals surface area contributed by atoms with Gasteiger partial charge in [0, 0.05) is 13.0 Å². The molecule has 0 bridgehead atoms. The fourth-order valence-corrected chi connectivity index (χ4v) is 3.58. The third-order valence-electron chi connectivity index (χ3n) is 5.08.